The maximum absolute atomic E-state index is 12.0. The van der Waals surface area contributed by atoms with Crippen LogP contribution in [0.4, 0.5) is 0 Å². The number of hydrogen-bond donors (Lipinski definition) is 2. The van der Waals surface area contributed by atoms with Crippen molar-refractivity contribution in [2.45, 2.75) is 47.2 Å². The minimum absolute atomic E-state index is 0.416. The smallest absolute Gasteiger partial charge is 0.337 e. The minimum Gasteiger partial charge on any atom is -0.494 e. The second-order valence-electron chi connectivity index (χ2n) is 7.85. The third-order valence-corrected chi connectivity index (χ3v) is 5.84. The molecular weight excluding hydrogens is 388 g/mol. The number of nitrogens with one attached hydrogen (secondary N) is 1. The van der Waals surface area contributed by atoms with Gasteiger partial charge >= 0.3 is 5.97 Å². The number of carbonyl (C=O) groups is 1. The highest BCUT2D eigenvalue weighted by molar-refractivity contribution is 5.91. The maximum Gasteiger partial charge on any atom is 0.337 e. The van der Waals surface area contributed by atoms with Gasteiger partial charge in [0.15, 0.2) is 0 Å². The first kappa shape index (κ1) is 22.6. The van der Waals surface area contributed by atoms with Gasteiger partial charge in [0.2, 0.25) is 0 Å². The molecule has 0 aliphatic carbocycles. The van der Waals surface area contributed by atoms with Crippen LogP contribution < -0.4 is 10.1 Å². The molecule has 1 heterocycles. The molecule has 31 heavy (non-hydrogen) atoms. The Kier molecular flexibility index (Phi) is 7.53. The summed E-state index contributed by atoms with van der Waals surface area (Å²) in [4.78, 5) is 12.0. The Morgan fingerprint density at radius 1 is 1.03 bits per heavy atom. The molecule has 0 bridgehead atoms. The number of rotatable bonds is 10. The van der Waals surface area contributed by atoms with E-state index in [-0.39, 0.29) is 0 Å². The zero-order chi connectivity index (χ0) is 22.4. The summed E-state index contributed by atoms with van der Waals surface area (Å²) >= 11 is 0. The SMILES string of the molecule is CCOc1ccc(CCNCc2c(C(=O)O)c(C)n(Cc3ccccc3C)c2C)cc1. The van der Waals surface area contributed by atoms with E-state index in [2.05, 4.69) is 41.1 Å². The molecule has 0 amide bonds. The van der Waals surface area contributed by atoms with Crippen molar-refractivity contribution in [3.8, 4) is 5.75 Å². The van der Waals surface area contributed by atoms with E-state index < -0.39 is 5.97 Å². The molecule has 5 nitrogen and oxygen atoms in total. The maximum atomic E-state index is 12.0. The molecule has 3 rings (SSSR count). The highest BCUT2D eigenvalue weighted by Crippen LogP contribution is 2.24. The van der Waals surface area contributed by atoms with Gasteiger partial charge < -0.3 is 19.7 Å². The van der Waals surface area contributed by atoms with Crippen LogP contribution >= 0.6 is 0 Å². The molecule has 0 saturated carbocycles. The van der Waals surface area contributed by atoms with Gasteiger partial charge in [0.05, 0.1) is 12.2 Å². The molecule has 2 N–H and O–H groups in total. The number of carboxylic acid groups (broad SMARTS) is 1. The van der Waals surface area contributed by atoms with Gasteiger partial charge in [-0.2, -0.15) is 0 Å². The molecule has 2 aromatic carbocycles. The monoisotopic (exact) mass is 420 g/mol. The van der Waals surface area contributed by atoms with Gasteiger partial charge in [-0.3, -0.25) is 0 Å². The Bertz CT molecular complexity index is 1040. The summed E-state index contributed by atoms with van der Waals surface area (Å²) in [6.07, 6.45) is 0.872. The highest BCUT2D eigenvalue weighted by Gasteiger charge is 2.22. The van der Waals surface area contributed by atoms with Crippen LogP contribution in [-0.2, 0) is 19.5 Å². The lowest BCUT2D eigenvalue weighted by atomic mass is 10.1. The van der Waals surface area contributed by atoms with Crippen LogP contribution in [-0.4, -0.2) is 28.8 Å². The zero-order valence-corrected chi connectivity index (χ0v) is 18.9. The molecule has 164 valence electrons. The zero-order valence-electron chi connectivity index (χ0n) is 18.9. The van der Waals surface area contributed by atoms with E-state index in [1.807, 2.05) is 45.0 Å². The Hall–Kier alpha value is -3.05. The number of aromatic nitrogens is 1. The van der Waals surface area contributed by atoms with Crippen molar-refractivity contribution < 1.29 is 14.6 Å². The molecule has 0 atom stereocenters. The molecule has 0 saturated heterocycles. The standard InChI is InChI=1S/C26H32N2O3/c1-5-31-23-12-10-21(11-13-23)14-15-27-16-24-19(3)28(20(4)25(24)26(29)30)17-22-9-7-6-8-18(22)2/h6-13,27H,5,14-17H2,1-4H3,(H,29,30). The second-order valence-corrected chi connectivity index (χ2v) is 7.85. The lowest BCUT2D eigenvalue weighted by molar-refractivity contribution is 0.0694. The van der Waals surface area contributed by atoms with E-state index in [1.165, 1.54) is 16.7 Å². The van der Waals surface area contributed by atoms with E-state index in [0.29, 0.717) is 25.3 Å². The molecular formula is C26H32N2O3. The molecule has 0 spiro atoms. The van der Waals surface area contributed by atoms with E-state index >= 15 is 0 Å². The van der Waals surface area contributed by atoms with E-state index in [4.69, 9.17) is 4.74 Å². The van der Waals surface area contributed by atoms with Crippen molar-refractivity contribution in [3.63, 3.8) is 0 Å². The third kappa shape index (κ3) is 5.36. The van der Waals surface area contributed by atoms with Crippen LogP contribution in [0.1, 0.15) is 50.9 Å². The van der Waals surface area contributed by atoms with Crippen molar-refractivity contribution in [3.05, 3.63) is 87.7 Å². The van der Waals surface area contributed by atoms with Gasteiger partial charge in [-0.25, -0.2) is 4.79 Å². The average molecular weight is 421 g/mol. The van der Waals surface area contributed by atoms with Crippen LogP contribution in [0.5, 0.6) is 5.75 Å². The van der Waals surface area contributed by atoms with Crippen LogP contribution in [0.25, 0.3) is 0 Å². The highest BCUT2D eigenvalue weighted by atomic mass is 16.5. The van der Waals surface area contributed by atoms with Crippen LogP contribution in [0.3, 0.4) is 0 Å². The number of aryl methyl sites for hydroxylation is 1. The van der Waals surface area contributed by atoms with Crippen molar-refractivity contribution in [2.75, 3.05) is 13.2 Å². The summed E-state index contributed by atoms with van der Waals surface area (Å²) in [7, 11) is 0. The molecule has 3 aromatic rings. The molecule has 0 fully saturated rings. The lowest BCUT2D eigenvalue weighted by Gasteiger charge is -2.12. The topological polar surface area (TPSA) is 63.5 Å². The van der Waals surface area contributed by atoms with E-state index in [0.717, 1.165) is 35.7 Å². The predicted molar refractivity (Wildman–Crippen MR) is 124 cm³/mol. The molecule has 1 aromatic heterocycles. The van der Waals surface area contributed by atoms with Crippen LogP contribution in [0.15, 0.2) is 48.5 Å². The summed E-state index contributed by atoms with van der Waals surface area (Å²) in [5, 5.41) is 13.3. The van der Waals surface area contributed by atoms with Crippen molar-refractivity contribution in [2.24, 2.45) is 0 Å². The fourth-order valence-electron chi connectivity index (χ4n) is 4.01. The minimum atomic E-state index is -0.868. The molecule has 0 aliphatic rings. The molecule has 0 aliphatic heterocycles. The first-order chi connectivity index (χ1) is 14.9. The first-order valence-electron chi connectivity index (χ1n) is 10.8. The number of benzene rings is 2. The van der Waals surface area contributed by atoms with Crippen molar-refractivity contribution in [1.82, 2.24) is 9.88 Å². The number of nitrogens with zero attached hydrogens (tertiary/aromatic N) is 1. The number of aromatic carboxylic acids is 1. The van der Waals surface area contributed by atoms with E-state index in [9.17, 15) is 9.90 Å². The Labute approximate surface area is 184 Å². The lowest BCUT2D eigenvalue weighted by Crippen LogP contribution is -2.18. The summed E-state index contributed by atoms with van der Waals surface area (Å²) in [5.41, 5.74) is 6.73. The largest absolute Gasteiger partial charge is 0.494 e. The van der Waals surface area contributed by atoms with Gasteiger partial charge in [0.25, 0.3) is 0 Å². The third-order valence-electron chi connectivity index (χ3n) is 5.84. The average Bonchev–Trinajstić information content (AvgIpc) is 2.98. The van der Waals surface area contributed by atoms with Gasteiger partial charge in [0, 0.05) is 30.0 Å². The van der Waals surface area contributed by atoms with Crippen LogP contribution in [0, 0.1) is 20.8 Å². The number of carboxylic acids is 1. The fourth-order valence-corrected chi connectivity index (χ4v) is 4.01. The summed E-state index contributed by atoms with van der Waals surface area (Å²) in [5.74, 6) is 0.0128. The molecule has 0 unspecified atom stereocenters. The first-order valence-corrected chi connectivity index (χ1v) is 10.8. The Morgan fingerprint density at radius 3 is 2.39 bits per heavy atom. The van der Waals surface area contributed by atoms with Crippen LogP contribution in [0.2, 0.25) is 0 Å². The van der Waals surface area contributed by atoms with Crippen molar-refractivity contribution >= 4 is 5.97 Å². The van der Waals surface area contributed by atoms with Gasteiger partial charge in [-0.1, -0.05) is 36.4 Å². The second kappa shape index (κ2) is 10.3. The number of ether oxygens (including phenoxy) is 1. The fraction of sp³-hybridized carbons (Fsp3) is 0.346. The predicted octanol–water partition coefficient (Wildman–Crippen LogP) is 4.89. The molecule has 0 radical (unpaired) electrons. The normalized spacial score (nSPS) is 11.0. The Morgan fingerprint density at radius 2 is 1.74 bits per heavy atom. The van der Waals surface area contributed by atoms with Crippen molar-refractivity contribution in [1.29, 1.82) is 0 Å². The summed E-state index contributed by atoms with van der Waals surface area (Å²) < 4.78 is 7.60. The number of hydrogen-bond acceptors (Lipinski definition) is 3. The van der Waals surface area contributed by atoms with Gasteiger partial charge in [0.1, 0.15) is 5.75 Å². The quantitative estimate of drug-likeness (QED) is 0.458. The summed E-state index contributed by atoms with van der Waals surface area (Å²) in [6, 6.07) is 16.4. The van der Waals surface area contributed by atoms with Gasteiger partial charge in [-0.15, -0.1) is 0 Å². The molecule has 5 heteroatoms. The van der Waals surface area contributed by atoms with Gasteiger partial charge in [-0.05, 0) is 69.5 Å². The Balaban J connectivity index is 1.70. The summed E-state index contributed by atoms with van der Waals surface area (Å²) in [6.45, 7) is 10.6. The van der Waals surface area contributed by atoms with E-state index in [1.54, 1.807) is 0 Å².